The molecule has 0 radical (unpaired) electrons. The fourth-order valence-electron chi connectivity index (χ4n) is 3.18. The van der Waals surface area contributed by atoms with E-state index >= 15 is 0 Å². The molecule has 6 nitrogen and oxygen atoms in total. The average molecular weight is 410 g/mol. The van der Waals surface area contributed by atoms with E-state index in [0.717, 1.165) is 4.88 Å². The molecule has 0 bridgehead atoms. The lowest BCUT2D eigenvalue weighted by Gasteiger charge is -2.35. The Labute approximate surface area is 162 Å². The number of fused-ring (bicyclic) bond motifs is 1. The van der Waals surface area contributed by atoms with Gasteiger partial charge < -0.3 is 9.64 Å². The van der Waals surface area contributed by atoms with Crippen LogP contribution in [0.15, 0.2) is 28.5 Å². The second-order valence-corrected chi connectivity index (χ2v) is 8.84. The van der Waals surface area contributed by atoms with Crippen LogP contribution in [0.3, 0.4) is 0 Å². The van der Waals surface area contributed by atoms with Crippen LogP contribution in [-0.2, 0) is 4.74 Å². The molecule has 1 amide bonds. The summed E-state index contributed by atoms with van der Waals surface area (Å²) in [5.41, 5.74) is 0.427. The van der Waals surface area contributed by atoms with Gasteiger partial charge in [-0.05, 0) is 26.0 Å². The molecule has 0 saturated carbocycles. The number of thiophene rings is 1. The standard InChI is InChI=1S/C17H16ClN3O3S2/c1-9-6-20(7-10(2)24-9)15(22)11-5-19-17-21(16(11)23)12(8-25-17)13-3-4-14(18)26-13/h3-5,8-10H,6-7H2,1-2H3. The van der Waals surface area contributed by atoms with Crippen LogP contribution in [0.25, 0.3) is 15.5 Å². The van der Waals surface area contributed by atoms with Crippen molar-refractivity contribution in [1.29, 1.82) is 0 Å². The van der Waals surface area contributed by atoms with Gasteiger partial charge in [0.25, 0.3) is 11.5 Å². The number of rotatable bonds is 2. The van der Waals surface area contributed by atoms with Crippen molar-refractivity contribution in [3.05, 3.63) is 44.0 Å². The van der Waals surface area contributed by atoms with E-state index in [9.17, 15) is 9.59 Å². The van der Waals surface area contributed by atoms with Gasteiger partial charge in [0.2, 0.25) is 0 Å². The zero-order valence-corrected chi connectivity index (χ0v) is 16.5. The Balaban J connectivity index is 1.78. The van der Waals surface area contributed by atoms with Crippen molar-refractivity contribution in [1.82, 2.24) is 14.3 Å². The number of carbonyl (C=O) groups is 1. The van der Waals surface area contributed by atoms with Crippen molar-refractivity contribution >= 4 is 45.1 Å². The van der Waals surface area contributed by atoms with Crippen LogP contribution in [0.5, 0.6) is 0 Å². The lowest BCUT2D eigenvalue weighted by molar-refractivity contribution is -0.0586. The molecule has 0 aliphatic carbocycles. The zero-order chi connectivity index (χ0) is 18.4. The van der Waals surface area contributed by atoms with Crippen molar-refractivity contribution in [2.45, 2.75) is 26.1 Å². The van der Waals surface area contributed by atoms with Crippen molar-refractivity contribution in [2.24, 2.45) is 0 Å². The Kier molecular flexibility index (Phi) is 4.60. The molecule has 4 rings (SSSR count). The van der Waals surface area contributed by atoms with Gasteiger partial charge in [0, 0.05) is 24.7 Å². The molecule has 0 N–H and O–H groups in total. The van der Waals surface area contributed by atoms with E-state index in [1.807, 2.05) is 25.3 Å². The van der Waals surface area contributed by atoms with Gasteiger partial charge in [-0.3, -0.25) is 9.59 Å². The summed E-state index contributed by atoms with van der Waals surface area (Å²) in [6, 6.07) is 3.65. The monoisotopic (exact) mass is 409 g/mol. The summed E-state index contributed by atoms with van der Waals surface area (Å²) >= 11 is 8.77. The van der Waals surface area contributed by atoms with E-state index in [1.165, 1.54) is 33.3 Å². The Morgan fingerprint density at radius 3 is 2.69 bits per heavy atom. The Morgan fingerprint density at radius 2 is 2.04 bits per heavy atom. The lowest BCUT2D eigenvalue weighted by Crippen LogP contribution is -2.49. The topological polar surface area (TPSA) is 63.9 Å². The second kappa shape index (κ2) is 6.77. The quantitative estimate of drug-likeness (QED) is 0.650. The van der Waals surface area contributed by atoms with Crippen molar-refractivity contribution in [2.75, 3.05) is 13.1 Å². The SMILES string of the molecule is CC1CN(C(=O)c2cnc3scc(-c4ccc(Cl)s4)n3c2=O)CC(C)O1. The molecule has 3 aromatic heterocycles. The van der Waals surface area contributed by atoms with E-state index < -0.39 is 0 Å². The van der Waals surface area contributed by atoms with Gasteiger partial charge in [-0.25, -0.2) is 9.38 Å². The minimum absolute atomic E-state index is 0.0629. The lowest BCUT2D eigenvalue weighted by atomic mass is 10.2. The number of morpholine rings is 1. The largest absolute Gasteiger partial charge is 0.372 e. The number of aromatic nitrogens is 2. The molecule has 2 atom stereocenters. The summed E-state index contributed by atoms with van der Waals surface area (Å²) in [6.45, 7) is 4.76. The van der Waals surface area contributed by atoms with Crippen molar-refractivity contribution < 1.29 is 9.53 Å². The van der Waals surface area contributed by atoms with Crippen LogP contribution in [0.4, 0.5) is 0 Å². The number of hydrogen-bond donors (Lipinski definition) is 0. The molecule has 1 aliphatic rings. The molecule has 2 unspecified atom stereocenters. The first-order chi connectivity index (χ1) is 12.4. The minimum atomic E-state index is -0.354. The fraction of sp³-hybridized carbons (Fsp3) is 0.353. The summed E-state index contributed by atoms with van der Waals surface area (Å²) in [5, 5.41) is 1.86. The van der Waals surface area contributed by atoms with E-state index in [0.29, 0.717) is 28.1 Å². The molecule has 26 heavy (non-hydrogen) atoms. The van der Waals surface area contributed by atoms with E-state index in [2.05, 4.69) is 4.98 Å². The molecule has 3 aromatic rings. The van der Waals surface area contributed by atoms with E-state index in [-0.39, 0.29) is 29.2 Å². The number of ether oxygens (including phenoxy) is 1. The number of halogens is 1. The summed E-state index contributed by atoms with van der Waals surface area (Å²) in [6.07, 6.45) is 1.26. The van der Waals surface area contributed by atoms with Crippen LogP contribution in [-0.4, -0.2) is 45.5 Å². The van der Waals surface area contributed by atoms with Crippen LogP contribution >= 0.6 is 34.3 Å². The van der Waals surface area contributed by atoms with Gasteiger partial charge in [0.1, 0.15) is 5.56 Å². The fourth-order valence-corrected chi connectivity index (χ4v) is 5.15. The predicted molar refractivity (Wildman–Crippen MR) is 104 cm³/mol. The number of amides is 1. The molecule has 1 aliphatic heterocycles. The molecule has 1 fully saturated rings. The van der Waals surface area contributed by atoms with Gasteiger partial charge in [-0.15, -0.1) is 22.7 Å². The number of hydrogen-bond acceptors (Lipinski definition) is 6. The Morgan fingerprint density at radius 1 is 1.31 bits per heavy atom. The van der Waals surface area contributed by atoms with E-state index in [1.54, 1.807) is 11.0 Å². The molecule has 1 saturated heterocycles. The first-order valence-electron chi connectivity index (χ1n) is 8.13. The Hall–Kier alpha value is -1.74. The highest BCUT2D eigenvalue weighted by molar-refractivity contribution is 7.20. The molecule has 0 spiro atoms. The average Bonchev–Trinajstić information content (AvgIpc) is 3.20. The smallest absolute Gasteiger partial charge is 0.271 e. The highest BCUT2D eigenvalue weighted by atomic mass is 35.5. The van der Waals surface area contributed by atoms with Crippen molar-refractivity contribution in [3.63, 3.8) is 0 Å². The summed E-state index contributed by atoms with van der Waals surface area (Å²) in [4.78, 5) is 33.4. The zero-order valence-electron chi connectivity index (χ0n) is 14.1. The summed E-state index contributed by atoms with van der Waals surface area (Å²) in [5.74, 6) is -0.305. The molecule has 4 heterocycles. The second-order valence-electron chi connectivity index (χ2n) is 6.29. The predicted octanol–water partition coefficient (Wildman–Crippen LogP) is 3.39. The number of thiazole rings is 1. The number of carbonyl (C=O) groups excluding carboxylic acids is 1. The minimum Gasteiger partial charge on any atom is -0.372 e. The maximum Gasteiger partial charge on any atom is 0.271 e. The molecule has 9 heteroatoms. The third-order valence-electron chi connectivity index (χ3n) is 4.21. The maximum absolute atomic E-state index is 13.1. The van der Waals surface area contributed by atoms with Crippen LogP contribution in [0.1, 0.15) is 24.2 Å². The highest BCUT2D eigenvalue weighted by Gasteiger charge is 2.29. The van der Waals surface area contributed by atoms with Gasteiger partial charge >= 0.3 is 0 Å². The molecule has 136 valence electrons. The first kappa shape index (κ1) is 17.7. The van der Waals surface area contributed by atoms with Gasteiger partial charge in [0.15, 0.2) is 4.96 Å². The van der Waals surface area contributed by atoms with Gasteiger partial charge in [0.05, 0.1) is 27.1 Å². The molecular weight excluding hydrogens is 394 g/mol. The molecule has 0 aromatic carbocycles. The molecular formula is C17H16ClN3O3S2. The highest BCUT2D eigenvalue weighted by Crippen LogP contribution is 2.32. The van der Waals surface area contributed by atoms with Crippen molar-refractivity contribution in [3.8, 4) is 10.6 Å². The summed E-state index contributed by atoms with van der Waals surface area (Å²) < 4.78 is 7.80. The number of nitrogens with zero attached hydrogens (tertiary/aromatic N) is 3. The third-order valence-corrected chi connectivity index (χ3v) is 6.30. The van der Waals surface area contributed by atoms with Gasteiger partial charge in [-0.1, -0.05) is 11.6 Å². The maximum atomic E-state index is 13.1. The third kappa shape index (κ3) is 3.07. The van der Waals surface area contributed by atoms with E-state index in [4.69, 9.17) is 16.3 Å². The van der Waals surface area contributed by atoms with Crippen LogP contribution in [0.2, 0.25) is 4.34 Å². The van der Waals surface area contributed by atoms with Gasteiger partial charge in [-0.2, -0.15) is 0 Å². The summed E-state index contributed by atoms with van der Waals surface area (Å²) in [7, 11) is 0. The van der Waals surface area contributed by atoms with Crippen LogP contribution < -0.4 is 5.56 Å². The normalized spacial score (nSPS) is 20.7. The first-order valence-corrected chi connectivity index (χ1v) is 10.2. The Bertz CT molecular complexity index is 1030. The van der Waals surface area contributed by atoms with Crippen LogP contribution in [0, 0.1) is 0 Å².